The van der Waals surface area contributed by atoms with Gasteiger partial charge in [0.25, 0.3) is 0 Å². The van der Waals surface area contributed by atoms with Crippen molar-refractivity contribution in [3.63, 3.8) is 0 Å². The van der Waals surface area contributed by atoms with Crippen LogP contribution < -0.4 is 9.72 Å². The Bertz CT molecular complexity index is 797. The number of nitrogens with one attached hydrogen (secondary N) is 2. The third kappa shape index (κ3) is 6.06. The summed E-state index contributed by atoms with van der Waals surface area (Å²) in [7, 11) is 4.63. The number of hydrogen-bond acceptors (Lipinski definition) is 9. The molecule has 0 aliphatic carbocycles. The summed E-state index contributed by atoms with van der Waals surface area (Å²) >= 11 is 0.240. The van der Waals surface area contributed by atoms with Crippen molar-refractivity contribution in [1.29, 1.82) is 0 Å². The molecule has 5 atom stereocenters. The van der Waals surface area contributed by atoms with Crippen LogP contribution in [0.25, 0.3) is 0 Å². The summed E-state index contributed by atoms with van der Waals surface area (Å²) in [6, 6.07) is 2.76. The van der Waals surface area contributed by atoms with E-state index in [1.807, 2.05) is 13.8 Å². The van der Waals surface area contributed by atoms with Gasteiger partial charge in [-0.25, -0.2) is 4.79 Å². The molecule has 3 N–H and O–H groups in total. The number of likely N-dealkylation sites (N-methyl/N-ethyl adjacent to an activating group) is 1. The van der Waals surface area contributed by atoms with Crippen LogP contribution in [0.4, 0.5) is 0 Å². The number of carbonyl (C=O) groups is 3. The molecule has 0 bridgehead atoms. The third-order valence-corrected chi connectivity index (χ3v) is 12.5. The van der Waals surface area contributed by atoms with E-state index in [2.05, 4.69) is 30.5 Å². The van der Waals surface area contributed by atoms with Gasteiger partial charge >= 0.3 is 5.97 Å². The molecule has 0 spiro atoms. The lowest BCUT2D eigenvalue weighted by atomic mass is 9.77. The second-order valence-corrected chi connectivity index (χ2v) is 14.7. The summed E-state index contributed by atoms with van der Waals surface area (Å²) in [6.45, 7) is 10.7. The van der Waals surface area contributed by atoms with Gasteiger partial charge in [-0.1, -0.05) is 27.7 Å². The van der Waals surface area contributed by atoms with Crippen molar-refractivity contribution in [2.75, 3.05) is 20.1 Å². The molecule has 10 nitrogen and oxygen atoms in total. The fourth-order valence-electron chi connectivity index (χ4n) is 5.10. The molecule has 2 amide bonds. The van der Waals surface area contributed by atoms with Crippen LogP contribution in [0.15, 0.2) is 11.3 Å². The van der Waals surface area contributed by atoms with E-state index >= 15 is 0 Å². The van der Waals surface area contributed by atoms with Gasteiger partial charge in [0.1, 0.15) is 26.9 Å². The van der Waals surface area contributed by atoms with E-state index in [0.717, 1.165) is 23.7 Å². The first-order valence-corrected chi connectivity index (χ1v) is 15.8. The average molecular weight is 530 g/mol. The highest BCUT2D eigenvalue weighted by atomic mass is 32.2. The van der Waals surface area contributed by atoms with Gasteiger partial charge in [-0.2, -0.15) is 0 Å². The first-order valence-electron chi connectivity index (χ1n) is 11.5. The Morgan fingerprint density at radius 2 is 1.94 bits per heavy atom. The molecule has 0 aromatic rings. The van der Waals surface area contributed by atoms with E-state index in [0.29, 0.717) is 0 Å². The maximum absolute atomic E-state index is 13.3. The highest BCUT2D eigenvalue weighted by Crippen LogP contribution is 2.49. The summed E-state index contributed by atoms with van der Waals surface area (Å²) in [5.74, 6) is -1.60. The van der Waals surface area contributed by atoms with Gasteiger partial charge in [0.15, 0.2) is 16.3 Å². The van der Waals surface area contributed by atoms with Crippen LogP contribution in [-0.4, -0.2) is 80.7 Å². The van der Waals surface area contributed by atoms with Crippen LogP contribution in [0.5, 0.6) is 0 Å². The Kier molecular flexibility index (Phi) is 11.1. The van der Waals surface area contributed by atoms with Crippen molar-refractivity contribution >= 4 is 55.3 Å². The van der Waals surface area contributed by atoms with E-state index in [1.54, 1.807) is 16.8 Å². The number of fused-ring (bicyclic) bond motifs is 1. The fraction of sp³-hybridized carbons (Fsp3) is 0.750. The second kappa shape index (κ2) is 12.8. The molecule has 1 fully saturated rings. The molecule has 0 aromatic heterocycles. The third-order valence-electron chi connectivity index (χ3n) is 7.08. The topological polar surface area (TPSA) is 120 Å². The van der Waals surface area contributed by atoms with E-state index in [4.69, 9.17) is 21.5 Å². The monoisotopic (exact) mass is 530 g/mol. The van der Waals surface area contributed by atoms with Crippen molar-refractivity contribution in [3.05, 3.63) is 11.3 Å². The van der Waals surface area contributed by atoms with Gasteiger partial charge in [-0.3, -0.25) is 19.2 Å². The highest BCUT2D eigenvalue weighted by Gasteiger charge is 2.60. The minimum atomic E-state index is -1.92. The maximum atomic E-state index is 13.3. The molecule has 190 valence electrons. The second-order valence-electron chi connectivity index (χ2n) is 8.88. The number of hydrogen-bond donors (Lipinski definition) is 3. The number of carbonyl (C=O) groups excluding carboxylic acids is 3. The molecule has 2 radical (unpaired) electrons. The van der Waals surface area contributed by atoms with Crippen LogP contribution in [-0.2, 0) is 23.3 Å². The Hall–Kier alpha value is -0.948. The number of β-lactam (4-membered cyclic amide) rings is 1. The molecule has 2 rings (SSSR count). The van der Waals surface area contributed by atoms with Crippen molar-refractivity contribution in [2.24, 2.45) is 11.8 Å². The summed E-state index contributed by atoms with van der Waals surface area (Å²) in [5.41, 5.74) is 0.958. The molecule has 14 heteroatoms. The molecular weight excluding hydrogens is 494 g/mol. The van der Waals surface area contributed by atoms with Crippen molar-refractivity contribution in [3.8, 4) is 0 Å². The zero-order valence-corrected chi connectivity index (χ0v) is 23.5. The van der Waals surface area contributed by atoms with Gasteiger partial charge in [-0.05, 0) is 37.7 Å². The lowest BCUT2D eigenvalue weighted by Gasteiger charge is -2.49. The molecule has 34 heavy (non-hydrogen) atoms. The van der Waals surface area contributed by atoms with Crippen LogP contribution >= 0.6 is 21.2 Å². The van der Waals surface area contributed by atoms with E-state index in [9.17, 15) is 14.4 Å². The summed E-state index contributed by atoms with van der Waals surface area (Å²) < 4.78 is 22.9. The van der Waals surface area contributed by atoms with Crippen LogP contribution in [0.1, 0.15) is 34.6 Å². The van der Waals surface area contributed by atoms with Gasteiger partial charge in [-0.15, -0.1) is 0 Å². The average Bonchev–Trinajstić information content (AvgIpc) is 3.04. The van der Waals surface area contributed by atoms with Crippen LogP contribution in [0.2, 0.25) is 18.1 Å². The highest BCUT2D eigenvalue weighted by molar-refractivity contribution is 7.92. The van der Waals surface area contributed by atoms with E-state index in [1.165, 1.54) is 0 Å². The van der Waals surface area contributed by atoms with E-state index < -0.39 is 23.2 Å². The quantitative estimate of drug-likeness (QED) is 0.102. The maximum Gasteiger partial charge on any atom is 0.358 e. The Morgan fingerprint density at radius 1 is 1.32 bits per heavy atom. The Labute approximate surface area is 210 Å². The minimum absolute atomic E-state index is 0.0113. The van der Waals surface area contributed by atoms with Crippen LogP contribution in [0, 0.1) is 11.8 Å². The van der Waals surface area contributed by atoms with Crippen LogP contribution in [0.3, 0.4) is 0 Å². The molecule has 0 aromatic carbocycles. The number of amides is 2. The largest absolute Gasteiger partial charge is 0.428 e. The van der Waals surface area contributed by atoms with Crippen molar-refractivity contribution in [1.82, 2.24) is 19.5 Å². The predicted octanol–water partition coefficient (Wildman–Crippen LogP) is 2.02. The lowest BCUT2D eigenvalue weighted by Crippen LogP contribution is -2.65. The van der Waals surface area contributed by atoms with Crippen molar-refractivity contribution < 1.29 is 27.9 Å². The predicted molar refractivity (Wildman–Crippen MR) is 137 cm³/mol. The zero-order chi connectivity index (χ0) is 25.6. The standard InChI is InChI=1S/C20H36BN4O6PSSi/c1-7-34(8-2,9-3)31-13(5)16-17-12(4)14(10-24(6)11-15(26)22-33-29)18(25(17)19(16)27)20(28)30-32-23-21/h12-13,16-17,23,29,32H,7-11H2,1-6H3,(H,22,26)/t12-,13+,16+,17+/m0/s1. The van der Waals surface area contributed by atoms with Gasteiger partial charge in [0, 0.05) is 12.5 Å². The smallest absolute Gasteiger partial charge is 0.358 e. The zero-order valence-electron chi connectivity index (χ0n) is 20.7. The number of nitrogens with zero attached hydrogens (tertiary/aromatic N) is 2. The molecule has 1 saturated heterocycles. The molecule has 1 unspecified atom stereocenters. The minimum Gasteiger partial charge on any atom is -0.428 e. The fourth-order valence-corrected chi connectivity index (χ4v) is 8.45. The first-order chi connectivity index (χ1) is 16.1. The lowest BCUT2D eigenvalue weighted by molar-refractivity contribution is -0.161. The first kappa shape index (κ1) is 29.3. The normalized spacial score (nSPS) is 23.5. The molecule has 0 saturated carbocycles. The summed E-state index contributed by atoms with van der Waals surface area (Å²) in [6.07, 6.45) is -0.253. The summed E-state index contributed by atoms with van der Waals surface area (Å²) in [4.78, 5) is 43.7. The molecular formula is C20H36BN4O6PSSi. The molecule has 2 aliphatic rings. The molecule has 2 heterocycles. The molecule has 2 aliphatic heterocycles. The van der Waals surface area contributed by atoms with E-state index in [-0.39, 0.29) is 66.8 Å². The Balaban J connectivity index is 2.29. The van der Waals surface area contributed by atoms with Gasteiger partial charge in [0.2, 0.25) is 11.8 Å². The van der Waals surface area contributed by atoms with Gasteiger partial charge < -0.3 is 23.4 Å². The summed E-state index contributed by atoms with van der Waals surface area (Å²) in [5, 5.41) is 0. The van der Waals surface area contributed by atoms with Crippen molar-refractivity contribution in [2.45, 2.75) is 64.9 Å². The Morgan fingerprint density at radius 3 is 2.47 bits per heavy atom. The number of rotatable bonds is 14. The van der Waals surface area contributed by atoms with Gasteiger partial charge in [0.05, 0.1) is 24.6 Å². The SMILES string of the molecule is [B]NPOC(=O)C1=C(CN(C)CC(=O)NSO)[C@H](C)[C@@H]2[C@@H]([C@@H](C)O[Si](CC)(CC)CC)C(=O)N12.